The van der Waals surface area contributed by atoms with E-state index in [1.54, 1.807) is 18.5 Å². The van der Waals surface area contributed by atoms with Crippen molar-refractivity contribution < 1.29 is 4.39 Å². The minimum atomic E-state index is -0.299. The highest BCUT2D eigenvalue weighted by Gasteiger charge is 2.15. The molecule has 0 unspecified atom stereocenters. The van der Waals surface area contributed by atoms with Crippen LogP contribution in [-0.2, 0) is 6.54 Å². The number of hydrogen-bond donors (Lipinski definition) is 1. The van der Waals surface area contributed by atoms with Crippen LogP contribution < -0.4 is 5.32 Å². The number of nitrogens with zero attached hydrogens (tertiary/aromatic N) is 4. The van der Waals surface area contributed by atoms with Crippen LogP contribution in [0.2, 0.25) is 5.02 Å². The second-order valence-electron chi connectivity index (χ2n) is 6.94. The van der Waals surface area contributed by atoms with Gasteiger partial charge in [-0.2, -0.15) is 0 Å². The van der Waals surface area contributed by atoms with E-state index in [0.29, 0.717) is 16.4 Å². The maximum atomic E-state index is 13.7. The number of rotatable bonds is 6. The fourth-order valence-corrected chi connectivity index (χ4v) is 3.41. The number of unbranched alkanes of at least 4 members (excludes halogenated alkanes) is 1. The Hall–Kier alpha value is -2.99. The summed E-state index contributed by atoms with van der Waals surface area (Å²) in [7, 11) is 0. The molecule has 4 aromatic rings. The maximum Gasteiger partial charge on any atom is 0.149 e. The first-order valence-electron chi connectivity index (χ1n) is 9.56. The lowest BCUT2D eigenvalue weighted by molar-refractivity contribution is 0.628. The number of nitrogens with one attached hydrogen (secondary N) is 1. The molecule has 0 spiro atoms. The average molecular weight is 410 g/mol. The van der Waals surface area contributed by atoms with Crippen LogP contribution in [0.15, 0.2) is 48.8 Å². The molecular formula is C22H21ClFN5. The second-order valence-corrected chi connectivity index (χ2v) is 7.35. The summed E-state index contributed by atoms with van der Waals surface area (Å²) in [5, 5.41) is 3.65. The van der Waals surface area contributed by atoms with Gasteiger partial charge in [-0.1, -0.05) is 24.9 Å². The third-order valence-electron chi connectivity index (χ3n) is 4.72. The van der Waals surface area contributed by atoms with Gasteiger partial charge >= 0.3 is 0 Å². The minimum absolute atomic E-state index is 0.299. The van der Waals surface area contributed by atoms with Crippen molar-refractivity contribution in [2.24, 2.45) is 0 Å². The highest BCUT2D eigenvalue weighted by Crippen LogP contribution is 2.30. The van der Waals surface area contributed by atoms with Gasteiger partial charge in [0.15, 0.2) is 0 Å². The van der Waals surface area contributed by atoms with E-state index in [-0.39, 0.29) is 5.82 Å². The third kappa shape index (κ3) is 4.07. The Bertz CT molecular complexity index is 1150. The smallest absolute Gasteiger partial charge is 0.149 e. The zero-order chi connectivity index (χ0) is 20.4. The Morgan fingerprint density at radius 3 is 2.69 bits per heavy atom. The molecule has 5 nitrogen and oxygen atoms in total. The normalized spacial score (nSPS) is 11.2. The molecule has 29 heavy (non-hydrogen) atoms. The minimum Gasteiger partial charge on any atom is -0.338 e. The SMILES string of the molecule is CCCCn1c(-c2cnc(Nc3ccc(C)nc3)c(Cl)c2)nc2cc(F)ccc21. The van der Waals surface area contributed by atoms with E-state index in [0.717, 1.165) is 47.7 Å². The summed E-state index contributed by atoms with van der Waals surface area (Å²) >= 11 is 6.50. The monoisotopic (exact) mass is 409 g/mol. The summed E-state index contributed by atoms with van der Waals surface area (Å²) in [4.78, 5) is 13.4. The van der Waals surface area contributed by atoms with E-state index >= 15 is 0 Å². The van der Waals surface area contributed by atoms with Crippen molar-refractivity contribution >= 4 is 34.1 Å². The summed E-state index contributed by atoms with van der Waals surface area (Å²) in [6.07, 6.45) is 5.51. The number of fused-ring (bicyclic) bond motifs is 1. The maximum absolute atomic E-state index is 13.7. The molecule has 0 saturated heterocycles. The van der Waals surface area contributed by atoms with E-state index in [2.05, 4.69) is 31.8 Å². The van der Waals surface area contributed by atoms with Crippen molar-refractivity contribution in [1.82, 2.24) is 19.5 Å². The van der Waals surface area contributed by atoms with Crippen LogP contribution in [0, 0.1) is 12.7 Å². The molecule has 0 atom stereocenters. The Morgan fingerprint density at radius 1 is 1.10 bits per heavy atom. The largest absolute Gasteiger partial charge is 0.338 e. The zero-order valence-electron chi connectivity index (χ0n) is 16.3. The molecule has 0 aliphatic rings. The van der Waals surface area contributed by atoms with Crippen LogP contribution in [0.25, 0.3) is 22.4 Å². The Kier molecular flexibility index (Phi) is 5.45. The van der Waals surface area contributed by atoms with Crippen LogP contribution in [0.5, 0.6) is 0 Å². The molecule has 0 fully saturated rings. The molecule has 3 heterocycles. The van der Waals surface area contributed by atoms with Crippen molar-refractivity contribution in [1.29, 1.82) is 0 Å². The average Bonchev–Trinajstić information content (AvgIpc) is 3.07. The number of imidazole rings is 1. The van der Waals surface area contributed by atoms with E-state index in [9.17, 15) is 4.39 Å². The first kappa shape index (κ1) is 19.3. The van der Waals surface area contributed by atoms with E-state index in [1.807, 2.05) is 25.1 Å². The number of aromatic nitrogens is 4. The van der Waals surface area contributed by atoms with Crippen LogP contribution in [-0.4, -0.2) is 19.5 Å². The van der Waals surface area contributed by atoms with Crippen LogP contribution in [0.3, 0.4) is 0 Å². The van der Waals surface area contributed by atoms with Gasteiger partial charge < -0.3 is 9.88 Å². The van der Waals surface area contributed by atoms with E-state index < -0.39 is 0 Å². The summed E-state index contributed by atoms with van der Waals surface area (Å²) in [6, 6.07) is 10.4. The Morgan fingerprint density at radius 2 is 1.97 bits per heavy atom. The van der Waals surface area contributed by atoms with Gasteiger partial charge in [0.2, 0.25) is 0 Å². The molecule has 7 heteroatoms. The van der Waals surface area contributed by atoms with Gasteiger partial charge in [-0.15, -0.1) is 0 Å². The van der Waals surface area contributed by atoms with Gasteiger partial charge in [0.1, 0.15) is 17.5 Å². The van der Waals surface area contributed by atoms with Gasteiger partial charge in [-0.3, -0.25) is 4.98 Å². The number of hydrogen-bond acceptors (Lipinski definition) is 4. The van der Waals surface area contributed by atoms with Crippen molar-refractivity contribution in [2.45, 2.75) is 33.2 Å². The molecule has 0 radical (unpaired) electrons. The number of halogens is 2. The summed E-state index contributed by atoms with van der Waals surface area (Å²) < 4.78 is 15.8. The number of aryl methyl sites for hydroxylation is 2. The lowest BCUT2D eigenvalue weighted by atomic mass is 10.2. The Labute approximate surface area is 173 Å². The van der Waals surface area contributed by atoms with Gasteiger partial charge in [0, 0.05) is 30.1 Å². The molecule has 148 valence electrons. The molecule has 0 aliphatic carbocycles. The second kappa shape index (κ2) is 8.17. The molecule has 0 aliphatic heterocycles. The Balaban J connectivity index is 1.71. The van der Waals surface area contributed by atoms with Gasteiger partial charge in [-0.05, 0) is 43.7 Å². The lowest BCUT2D eigenvalue weighted by Crippen LogP contribution is -2.02. The highest BCUT2D eigenvalue weighted by molar-refractivity contribution is 6.33. The third-order valence-corrected chi connectivity index (χ3v) is 5.01. The van der Waals surface area contributed by atoms with E-state index in [4.69, 9.17) is 11.6 Å². The fourth-order valence-electron chi connectivity index (χ4n) is 3.20. The molecule has 0 saturated carbocycles. The molecular weight excluding hydrogens is 389 g/mol. The number of benzene rings is 1. The van der Waals surface area contributed by atoms with Gasteiger partial charge in [0.05, 0.1) is 27.9 Å². The van der Waals surface area contributed by atoms with Gasteiger partial charge in [0.25, 0.3) is 0 Å². The summed E-state index contributed by atoms with van der Waals surface area (Å²) in [6.45, 7) is 4.86. The summed E-state index contributed by atoms with van der Waals surface area (Å²) in [5.74, 6) is 0.979. The molecule has 1 aromatic carbocycles. The predicted molar refractivity (Wildman–Crippen MR) is 115 cm³/mol. The zero-order valence-corrected chi connectivity index (χ0v) is 17.0. The summed E-state index contributed by atoms with van der Waals surface area (Å²) in [5.41, 5.74) is 4.06. The number of pyridine rings is 2. The van der Waals surface area contributed by atoms with Crippen molar-refractivity contribution in [2.75, 3.05) is 5.32 Å². The fraction of sp³-hybridized carbons (Fsp3) is 0.227. The molecule has 3 aromatic heterocycles. The van der Waals surface area contributed by atoms with E-state index in [1.165, 1.54) is 12.1 Å². The van der Waals surface area contributed by atoms with Crippen LogP contribution in [0.4, 0.5) is 15.9 Å². The van der Waals surface area contributed by atoms with Crippen molar-refractivity contribution in [3.8, 4) is 11.4 Å². The van der Waals surface area contributed by atoms with Crippen LogP contribution in [0.1, 0.15) is 25.5 Å². The molecule has 4 rings (SSSR count). The van der Waals surface area contributed by atoms with Crippen LogP contribution >= 0.6 is 11.6 Å². The molecule has 1 N–H and O–H groups in total. The van der Waals surface area contributed by atoms with Crippen molar-refractivity contribution in [3.63, 3.8) is 0 Å². The molecule has 0 amide bonds. The topological polar surface area (TPSA) is 55.6 Å². The lowest BCUT2D eigenvalue weighted by Gasteiger charge is -2.11. The highest BCUT2D eigenvalue weighted by atomic mass is 35.5. The first-order valence-corrected chi connectivity index (χ1v) is 9.94. The first-order chi connectivity index (χ1) is 14.0. The van der Waals surface area contributed by atoms with Crippen molar-refractivity contribution in [3.05, 3.63) is 65.3 Å². The standard InChI is InChI=1S/C22H21ClFN5/c1-3-4-9-29-20-8-6-16(24)11-19(20)28-22(29)15-10-18(23)21(26-12-15)27-17-7-5-14(2)25-13-17/h5-8,10-13H,3-4,9H2,1-2H3,(H,26,27). The predicted octanol–water partition coefficient (Wildman–Crippen LogP) is 6.14. The molecule has 0 bridgehead atoms. The quantitative estimate of drug-likeness (QED) is 0.415. The van der Waals surface area contributed by atoms with Gasteiger partial charge in [-0.25, -0.2) is 14.4 Å². The number of anilines is 2.